The van der Waals surface area contributed by atoms with Gasteiger partial charge in [-0.2, -0.15) is 0 Å². The van der Waals surface area contributed by atoms with Crippen molar-refractivity contribution in [3.05, 3.63) is 23.8 Å². The van der Waals surface area contributed by atoms with Gasteiger partial charge in [0.25, 0.3) is 0 Å². The summed E-state index contributed by atoms with van der Waals surface area (Å²) in [6, 6.07) is 5.85. The highest BCUT2D eigenvalue weighted by Gasteiger charge is 2.32. The first-order valence-corrected chi connectivity index (χ1v) is 8.39. The molecule has 1 aliphatic rings. The molecule has 0 aliphatic carbocycles. The number of nitrogens with zero attached hydrogens (tertiary/aromatic N) is 1. The number of rotatable bonds is 6. The van der Waals surface area contributed by atoms with Crippen LogP contribution in [0.4, 0.5) is 0 Å². The normalized spacial score (nSPS) is 17.9. The minimum absolute atomic E-state index is 0.0272. The van der Waals surface area contributed by atoms with E-state index in [1.165, 1.54) is 0 Å². The van der Waals surface area contributed by atoms with Crippen molar-refractivity contribution < 1.29 is 14.3 Å². The highest BCUT2D eigenvalue weighted by atomic mass is 32.2. The predicted molar refractivity (Wildman–Crippen MR) is 86.0 cm³/mol. The second-order valence-corrected chi connectivity index (χ2v) is 6.18. The lowest BCUT2D eigenvalue weighted by Gasteiger charge is -2.26. The molecular formula is C16H23NO3S. The van der Waals surface area contributed by atoms with E-state index in [4.69, 9.17) is 9.47 Å². The third-order valence-corrected chi connectivity index (χ3v) is 4.90. The lowest BCUT2D eigenvalue weighted by atomic mass is 10.1. The average Bonchev–Trinajstić information content (AvgIpc) is 3.01. The van der Waals surface area contributed by atoms with Crippen molar-refractivity contribution in [2.45, 2.75) is 31.6 Å². The monoisotopic (exact) mass is 309 g/mol. The fourth-order valence-electron chi connectivity index (χ4n) is 2.56. The molecule has 0 N–H and O–H groups in total. The molecule has 1 saturated heterocycles. The van der Waals surface area contributed by atoms with Crippen LogP contribution in [-0.4, -0.2) is 37.3 Å². The molecule has 0 radical (unpaired) electrons. The summed E-state index contributed by atoms with van der Waals surface area (Å²) in [5.41, 5.74) is 1.02. The molecule has 0 aromatic heterocycles. The van der Waals surface area contributed by atoms with Crippen molar-refractivity contribution in [2.75, 3.05) is 26.5 Å². The number of unbranched alkanes of at least 4 members (excludes halogenated alkanes) is 1. The smallest absolute Gasteiger partial charge is 0.223 e. The molecule has 1 aromatic carbocycles. The van der Waals surface area contributed by atoms with Crippen LogP contribution in [0.1, 0.15) is 37.1 Å². The third kappa shape index (κ3) is 3.46. The van der Waals surface area contributed by atoms with Crippen LogP contribution in [0.25, 0.3) is 0 Å². The summed E-state index contributed by atoms with van der Waals surface area (Å²) in [6.45, 7) is 2.91. The molecule has 0 bridgehead atoms. The number of methoxy groups -OCH3 is 2. The zero-order valence-corrected chi connectivity index (χ0v) is 13.7. The van der Waals surface area contributed by atoms with Gasteiger partial charge in [0.1, 0.15) is 5.37 Å². The molecule has 1 fully saturated rings. The summed E-state index contributed by atoms with van der Waals surface area (Å²) in [4.78, 5) is 14.4. The first-order chi connectivity index (χ1) is 10.2. The van der Waals surface area contributed by atoms with Gasteiger partial charge < -0.3 is 14.4 Å². The molecule has 0 unspecified atom stereocenters. The topological polar surface area (TPSA) is 38.8 Å². The number of carbonyl (C=O) groups excluding carboxylic acids is 1. The number of carbonyl (C=O) groups is 1. The van der Waals surface area contributed by atoms with E-state index < -0.39 is 0 Å². The maximum Gasteiger partial charge on any atom is 0.223 e. The summed E-state index contributed by atoms with van der Waals surface area (Å²) < 4.78 is 10.9. The van der Waals surface area contributed by atoms with Gasteiger partial charge in [0, 0.05) is 24.3 Å². The number of thioether (sulfide) groups is 1. The van der Waals surface area contributed by atoms with Crippen LogP contribution in [0.15, 0.2) is 18.2 Å². The van der Waals surface area contributed by atoms with E-state index in [1.54, 1.807) is 26.0 Å². The van der Waals surface area contributed by atoms with Crippen molar-refractivity contribution in [2.24, 2.45) is 0 Å². The number of hydrogen-bond acceptors (Lipinski definition) is 4. The van der Waals surface area contributed by atoms with Gasteiger partial charge >= 0.3 is 0 Å². The Morgan fingerprint density at radius 2 is 2.19 bits per heavy atom. The lowest BCUT2D eigenvalue weighted by Crippen LogP contribution is -2.30. The van der Waals surface area contributed by atoms with Gasteiger partial charge in [-0.1, -0.05) is 25.5 Å². The average molecular weight is 309 g/mol. The van der Waals surface area contributed by atoms with Gasteiger partial charge in [-0.3, -0.25) is 4.79 Å². The van der Waals surface area contributed by atoms with Gasteiger partial charge in [0.15, 0.2) is 11.5 Å². The van der Waals surface area contributed by atoms with E-state index in [-0.39, 0.29) is 11.3 Å². The zero-order valence-electron chi connectivity index (χ0n) is 12.9. The van der Waals surface area contributed by atoms with E-state index in [0.717, 1.165) is 36.5 Å². The zero-order chi connectivity index (χ0) is 15.2. The number of hydrogen-bond donors (Lipinski definition) is 0. The van der Waals surface area contributed by atoms with Crippen LogP contribution in [-0.2, 0) is 4.79 Å². The molecule has 4 nitrogen and oxygen atoms in total. The Bertz CT molecular complexity index is 492. The molecule has 0 spiro atoms. The van der Waals surface area contributed by atoms with E-state index in [9.17, 15) is 4.79 Å². The van der Waals surface area contributed by atoms with Crippen molar-refractivity contribution in [3.8, 4) is 11.5 Å². The number of para-hydroxylation sites is 1. The summed E-state index contributed by atoms with van der Waals surface area (Å²) in [7, 11) is 3.28. The van der Waals surface area contributed by atoms with E-state index >= 15 is 0 Å². The first-order valence-electron chi connectivity index (χ1n) is 7.34. The molecule has 1 atom stereocenters. The maximum absolute atomic E-state index is 12.4. The summed E-state index contributed by atoms with van der Waals surface area (Å²) in [5, 5.41) is 0.0272. The second-order valence-electron chi connectivity index (χ2n) is 5.00. The van der Waals surface area contributed by atoms with Gasteiger partial charge in [-0.25, -0.2) is 0 Å². The van der Waals surface area contributed by atoms with E-state index in [2.05, 4.69) is 6.92 Å². The fraction of sp³-hybridized carbons (Fsp3) is 0.562. The Morgan fingerprint density at radius 3 is 2.86 bits per heavy atom. The van der Waals surface area contributed by atoms with Crippen LogP contribution < -0.4 is 9.47 Å². The third-order valence-electron chi connectivity index (χ3n) is 3.65. The van der Waals surface area contributed by atoms with Crippen LogP contribution in [0, 0.1) is 0 Å². The van der Waals surface area contributed by atoms with Gasteiger partial charge in [-0.15, -0.1) is 11.8 Å². The molecule has 0 saturated carbocycles. The molecule has 2 rings (SSSR count). The Morgan fingerprint density at radius 1 is 1.38 bits per heavy atom. The standard InChI is InChI=1S/C16H23NO3S/c1-4-5-9-14(18)17-10-11-21-16(17)12-7-6-8-13(19-2)15(12)20-3/h6-8,16H,4-5,9-11H2,1-3H3/t16-/m0/s1. The van der Waals surface area contributed by atoms with Crippen molar-refractivity contribution >= 4 is 17.7 Å². The highest BCUT2D eigenvalue weighted by Crippen LogP contribution is 2.45. The van der Waals surface area contributed by atoms with Crippen molar-refractivity contribution in [1.82, 2.24) is 4.90 Å². The fourth-order valence-corrected chi connectivity index (χ4v) is 3.85. The maximum atomic E-state index is 12.4. The SMILES string of the molecule is CCCCC(=O)N1CCS[C@H]1c1cccc(OC)c1OC. The van der Waals surface area contributed by atoms with Crippen LogP contribution in [0.3, 0.4) is 0 Å². The number of benzene rings is 1. The minimum Gasteiger partial charge on any atom is -0.493 e. The Labute approximate surface area is 130 Å². The molecule has 116 valence electrons. The number of ether oxygens (including phenoxy) is 2. The Balaban J connectivity index is 2.25. The number of amides is 1. The molecule has 21 heavy (non-hydrogen) atoms. The highest BCUT2D eigenvalue weighted by molar-refractivity contribution is 7.99. The van der Waals surface area contributed by atoms with E-state index in [0.29, 0.717) is 12.2 Å². The Kier molecular flexibility index (Phi) is 5.79. The molecule has 1 aromatic rings. The summed E-state index contributed by atoms with van der Waals surface area (Å²) in [5.74, 6) is 2.64. The van der Waals surface area contributed by atoms with E-state index in [1.807, 2.05) is 23.1 Å². The molecule has 1 amide bonds. The first kappa shape index (κ1) is 16.0. The second kappa shape index (κ2) is 7.59. The summed E-state index contributed by atoms with van der Waals surface area (Å²) in [6.07, 6.45) is 2.61. The van der Waals surface area contributed by atoms with Crippen LogP contribution in [0.2, 0.25) is 0 Å². The molecular weight excluding hydrogens is 286 g/mol. The quantitative estimate of drug-likeness (QED) is 0.806. The largest absolute Gasteiger partial charge is 0.493 e. The lowest BCUT2D eigenvalue weighted by molar-refractivity contribution is -0.131. The minimum atomic E-state index is 0.0272. The predicted octanol–water partition coefficient (Wildman–Crippen LogP) is 3.47. The molecule has 5 heteroatoms. The van der Waals surface area contributed by atoms with Gasteiger partial charge in [-0.05, 0) is 12.5 Å². The van der Waals surface area contributed by atoms with Crippen LogP contribution in [0.5, 0.6) is 11.5 Å². The molecule has 1 aliphatic heterocycles. The van der Waals surface area contributed by atoms with Crippen molar-refractivity contribution in [3.63, 3.8) is 0 Å². The van der Waals surface area contributed by atoms with Gasteiger partial charge in [0.2, 0.25) is 5.91 Å². The summed E-state index contributed by atoms with van der Waals surface area (Å²) >= 11 is 1.78. The van der Waals surface area contributed by atoms with Crippen LogP contribution >= 0.6 is 11.8 Å². The Hall–Kier alpha value is -1.36. The van der Waals surface area contributed by atoms with Gasteiger partial charge in [0.05, 0.1) is 14.2 Å². The molecule has 1 heterocycles. The van der Waals surface area contributed by atoms with Crippen molar-refractivity contribution in [1.29, 1.82) is 0 Å².